The van der Waals surface area contributed by atoms with Gasteiger partial charge in [-0.25, -0.2) is 0 Å². The van der Waals surface area contributed by atoms with E-state index in [2.05, 4.69) is 20.3 Å². The van der Waals surface area contributed by atoms with Crippen molar-refractivity contribution in [1.29, 1.82) is 0 Å². The van der Waals surface area contributed by atoms with E-state index in [9.17, 15) is 0 Å². The molecular formula is C11H9Cl3N4O2. The molecule has 1 N–H and O–H groups in total. The van der Waals surface area contributed by atoms with Crippen molar-refractivity contribution in [2.75, 3.05) is 19.5 Å². The van der Waals surface area contributed by atoms with Gasteiger partial charge in [0.1, 0.15) is 0 Å². The molecule has 0 atom stereocenters. The first-order chi connectivity index (χ1) is 9.53. The van der Waals surface area contributed by atoms with Gasteiger partial charge in [0.05, 0.1) is 35.0 Å². The standard InChI is InChI=1S/C11H9Cl3N4O2/c1-19-10-16-9(17-11(18-10)20-2)15-8-4-6(13)5(12)3-7(8)14/h3-4H,1-2H3,(H,15,16,17,18). The average Bonchev–Trinajstić information content (AvgIpc) is 2.44. The Balaban J connectivity index is 2.36. The highest BCUT2D eigenvalue weighted by Gasteiger charge is 2.11. The number of nitrogens with zero attached hydrogens (tertiary/aromatic N) is 3. The fourth-order valence-electron chi connectivity index (χ4n) is 1.32. The van der Waals surface area contributed by atoms with E-state index < -0.39 is 0 Å². The van der Waals surface area contributed by atoms with Crippen LogP contribution in [0.5, 0.6) is 12.0 Å². The summed E-state index contributed by atoms with van der Waals surface area (Å²) in [5.74, 6) is 0.203. The molecular weight excluding hydrogens is 327 g/mol. The molecule has 1 aromatic heterocycles. The molecule has 106 valence electrons. The van der Waals surface area contributed by atoms with Crippen LogP contribution in [0.25, 0.3) is 0 Å². The monoisotopic (exact) mass is 334 g/mol. The zero-order valence-electron chi connectivity index (χ0n) is 10.4. The molecule has 2 aromatic rings. The number of hydrogen-bond donors (Lipinski definition) is 1. The van der Waals surface area contributed by atoms with Crippen molar-refractivity contribution < 1.29 is 9.47 Å². The van der Waals surface area contributed by atoms with E-state index >= 15 is 0 Å². The molecule has 0 aliphatic heterocycles. The second-order valence-electron chi connectivity index (χ2n) is 3.50. The first-order valence-electron chi connectivity index (χ1n) is 5.29. The first-order valence-corrected chi connectivity index (χ1v) is 6.42. The van der Waals surface area contributed by atoms with Gasteiger partial charge >= 0.3 is 12.0 Å². The van der Waals surface area contributed by atoms with E-state index in [1.807, 2.05) is 0 Å². The van der Waals surface area contributed by atoms with Crippen molar-refractivity contribution in [1.82, 2.24) is 15.0 Å². The fraction of sp³-hybridized carbons (Fsp3) is 0.182. The van der Waals surface area contributed by atoms with Gasteiger partial charge in [-0.3, -0.25) is 0 Å². The van der Waals surface area contributed by atoms with Gasteiger partial charge in [0.2, 0.25) is 5.95 Å². The van der Waals surface area contributed by atoms with Crippen LogP contribution in [-0.4, -0.2) is 29.2 Å². The van der Waals surface area contributed by atoms with Crippen LogP contribution in [0.4, 0.5) is 11.6 Å². The molecule has 0 unspecified atom stereocenters. The topological polar surface area (TPSA) is 69.2 Å². The van der Waals surface area contributed by atoms with E-state index in [1.54, 1.807) is 6.07 Å². The Labute approximate surface area is 130 Å². The van der Waals surface area contributed by atoms with Crippen molar-refractivity contribution in [3.63, 3.8) is 0 Å². The zero-order chi connectivity index (χ0) is 14.7. The lowest BCUT2D eigenvalue weighted by Gasteiger charge is -2.09. The quantitative estimate of drug-likeness (QED) is 0.861. The van der Waals surface area contributed by atoms with Gasteiger partial charge in [0.15, 0.2) is 0 Å². The van der Waals surface area contributed by atoms with Crippen molar-refractivity contribution in [2.24, 2.45) is 0 Å². The van der Waals surface area contributed by atoms with Gasteiger partial charge in [-0.15, -0.1) is 4.98 Å². The Hall–Kier alpha value is -1.50. The van der Waals surface area contributed by atoms with Crippen LogP contribution in [0.1, 0.15) is 0 Å². The molecule has 20 heavy (non-hydrogen) atoms. The SMILES string of the molecule is COc1nc(Nc2cc(Cl)c(Cl)cc2Cl)nc(OC)n1. The van der Waals surface area contributed by atoms with E-state index in [-0.39, 0.29) is 18.0 Å². The lowest BCUT2D eigenvalue weighted by Crippen LogP contribution is -2.04. The van der Waals surface area contributed by atoms with E-state index in [1.165, 1.54) is 20.3 Å². The molecule has 0 aliphatic carbocycles. The minimum Gasteiger partial charge on any atom is -0.467 e. The molecule has 1 aromatic carbocycles. The van der Waals surface area contributed by atoms with Crippen molar-refractivity contribution >= 4 is 46.4 Å². The number of aromatic nitrogens is 3. The number of ether oxygens (including phenoxy) is 2. The van der Waals surface area contributed by atoms with Gasteiger partial charge in [-0.2, -0.15) is 9.97 Å². The summed E-state index contributed by atoms with van der Waals surface area (Å²) in [6.45, 7) is 0. The number of nitrogens with one attached hydrogen (secondary N) is 1. The Morgan fingerprint density at radius 2 is 1.40 bits per heavy atom. The van der Waals surface area contributed by atoms with Crippen LogP contribution in [0.15, 0.2) is 12.1 Å². The van der Waals surface area contributed by atoms with Crippen LogP contribution in [-0.2, 0) is 0 Å². The summed E-state index contributed by atoms with van der Waals surface area (Å²) in [5.41, 5.74) is 0.497. The van der Waals surface area contributed by atoms with Crippen molar-refractivity contribution in [2.45, 2.75) is 0 Å². The van der Waals surface area contributed by atoms with Crippen LogP contribution in [0.2, 0.25) is 15.1 Å². The van der Waals surface area contributed by atoms with E-state index in [0.29, 0.717) is 20.8 Å². The predicted octanol–water partition coefficient (Wildman–Crippen LogP) is 3.59. The average molecular weight is 336 g/mol. The van der Waals surface area contributed by atoms with Crippen LogP contribution in [0, 0.1) is 0 Å². The van der Waals surface area contributed by atoms with Gasteiger partial charge in [0, 0.05) is 0 Å². The number of halogens is 3. The molecule has 0 bridgehead atoms. The molecule has 6 nitrogen and oxygen atoms in total. The van der Waals surface area contributed by atoms with Crippen LogP contribution >= 0.6 is 34.8 Å². The maximum atomic E-state index is 6.06. The molecule has 0 spiro atoms. The normalized spacial score (nSPS) is 10.2. The maximum Gasteiger partial charge on any atom is 0.324 e. The Morgan fingerprint density at radius 1 is 0.850 bits per heavy atom. The summed E-state index contributed by atoms with van der Waals surface area (Å²) in [7, 11) is 2.87. The summed E-state index contributed by atoms with van der Waals surface area (Å²) in [6.07, 6.45) is 0. The Morgan fingerprint density at radius 3 is 1.95 bits per heavy atom. The highest BCUT2D eigenvalue weighted by Crippen LogP contribution is 2.33. The zero-order valence-corrected chi connectivity index (χ0v) is 12.7. The molecule has 0 fully saturated rings. The number of hydrogen-bond acceptors (Lipinski definition) is 6. The third-order valence-corrected chi connectivity index (χ3v) is 3.25. The summed E-state index contributed by atoms with van der Waals surface area (Å²) in [6, 6.07) is 3.30. The van der Waals surface area contributed by atoms with Gasteiger partial charge in [-0.05, 0) is 12.1 Å². The smallest absolute Gasteiger partial charge is 0.324 e. The van der Waals surface area contributed by atoms with Crippen molar-refractivity contribution in [3.8, 4) is 12.0 Å². The van der Waals surface area contributed by atoms with Crippen LogP contribution < -0.4 is 14.8 Å². The molecule has 0 saturated carbocycles. The van der Waals surface area contributed by atoms with Gasteiger partial charge in [-0.1, -0.05) is 34.8 Å². The molecule has 0 radical (unpaired) electrons. The summed E-state index contributed by atoms with van der Waals surface area (Å²) in [4.78, 5) is 11.9. The number of rotatable bonds is 4. The van der Waals surface area contributed by atoms with Gasteiger partial charge in [0.25, 0.3) is 0 Å². The van der Waals surface area contributed by atoms with Crippen molar-refractivity contribution in [3.05, 3.63) is 27.2 Å². The summed E-state index contributed by atoms with van der Waals surface area (Å²) >= 11 is 17.9. The lowest BCUT2D eigenvalue weighted by molar-refractivity contribution is 0.341. The van der Waals surface area contributed by atoms with E-state index in [4.69, 9.17) is 44.3 Å². The molecule has 0 amide bonds. The number of methoxy groups -OCH3 is 2. The highest BCUT2D eigenvalue weighted by atomic mass is 35.5. The maximum absolute atomic E-state index is 6.06. The predicted molar refractivity (Wildman–Crippen MR) is 77.7 cm³/mol. The molecule has 0 saturated heterocycles. The minimum absolute atomic E-state index is 0.107. The number of anilines is 2. The second-order valence-corrected chi connectivity index (χ2v) is 4.73. The third kappa shape index (κ3) is 3.33. The summed E-state index contributed by atoms with van der Waals surface area (Å²) < 4.78 is 9.89. The molecule has 1 heterocycles. The third-order valence-electron chi connectivity index (χ3n) is 2.22. The summed E-state index contributed by atoms with van der Waals surface area (Å²) in [5, 5.41) is 3.97. The molecule has 2 rings (SSSR count). The first kappa shape index (κ1) is 14.9. The molecule has 9 heteroatoms. The van der Waals surface area contributed by atoms with E-state index in [0.717, 1.165) is 0 Å². The molecule has 0 aliphatic rings. The Kier molecular flexibility index (Phi) is 4.69. The minimum atomic E-state index is 0.107. The fourth-order valence-corrected chi connectivity index (χ4v) is 1.91. The number of benzene rings is 1. The second kappa shape index (κ2) is 6.30. The largest absolute Gasteiger partial charge is 0.467 e. The van der Waals surface area contributed by atoms with Crippen LogP contribution in [0.3, 0.4) is 0 Å². The lowest BCUT2D eigenvalue weighted by atomic mass is 10.3. The Bertz CT molecular complexity index is 617. The van der Waals surface area contributed by atoms with Gasteiger partial charge < -0.3 is 14.8 Å². The highest BCUT2D eigenvalue weighted by molar-refractivity contribution is 6.44.